The molecular weight excluding hydrogens is 224 g/mol. The van der Waals surface area contributed by atoms with Gasteiger partial charge in [0.1, 0.15) is 5.75 Å². The van der Waals surface area contributed by atoms with E-state index in [0.717, 1.165) is 12.2 Å². The van der Waals surface area contributed by atoms with Crippen LogP contribution in [0.4, 0.5) is 0 Å². The maximum Gasteiger partial charge on any atom is 0.122 e. The minimum absolute atomic E-state index is 0.00767. The van der Waals surface area contributed by atoms with Gasteiger partial charge in [-0.1, -0.05) is 39.8 Å². The van der Waals surface area contributed by atoms with Gasteiger partial charge in [0, 0.05) is 5.41 Å². The van der Waals surface area contributed by atoms with Crippen LogP contribution in [0.15, 0.2) is 18.2 Å². The third kappa shape index (κ3) is 2.03. The summed E-state index contributed by atoms with van der Waals surface area (Å²) in [4.78, 5) is 0. The number of aliphatic hydroxyl groups excluding tert-OH is 1. The number of hydrogen-bond donors (Lipinski definition) is 1. The van der Waals surface area contributed by atoms with E-state index in [0.29, 0.717) is 5.92 Å². The molecule has 2 unspecified atom stereocenters. The number of benzene rings is 1. The Bertz CT molecular complexity index is 441. The van der Waals surface area contributed by atoms with Crippen LogP contribution in [0.2, 0.25) is 0 Å². The van der Waals surface area contributed by atoms with Crippen LogP contribution in [-0.4, -0.2) is 18.8 Å². The van der Waals surface area contributed by atoms with E-state index >= 15 is 0 Å². The van der Waals surface area contributed by atoms with Gasteiger partial charge in [-0.2, -0.15) is 0 Å². The summed E-state index contributed by atoms with van der Waals surface area (Å²) in [6.07, 6.45) is 1.08. The van der Waals surface area contributed by atoms with E-state index in [-0.39, 0.29) is 17.4 Å². The molecule has 1 saturated carbocycles. The fourth-order valence-electron chi connectivity index (χ4n) is 2.81. The minimum Gasteiger partial charge on any atom is -0.496 e. The molecular formula is C16H24O2. The van der Waals surface area contributed by atoms with Crippen molar-refractivity contribution in [1.29, 1.82) is 0 Å². The van der Waals surface area contributed by atoms with Gasteiger partial charge in [-0.25, -0.2) is 0 Å². The monoisotopic (exact) mass is 248 g/mol. The number of ether oxygens (including phenoxy) is 1. The number of aliphatic hydroxyl groups is 1. The lowest BCUT2D eigenvalue weighted by Gasteiger charge is -2.25. The van der Waals surface area contributed by atoms with Crippen molar-refractivity contribution in [2.75, 3.05) is 13.7 Å². The zero-order valence-corrected chi connectivity index (χ0v) is 12.1. The quantitative estimate of drug-likeness (QED) is 0.889. The Morgan fingerprint density at radius 2 is 2.00 bits per heavy atom. The first-order chi connectivity index (χ1) is 8.35. The minimum atomic E-state index is -0.00767. The highest BCUT2D eigenvalue weighted by Crippen LogP contribution is 2.54. The molecule has 0 bridgehead atoms. The summed E-state index contributed by atoms with van der Waals surface area (Å²) in [6, 6.07) is 6.37. The second-order valence-corrected chi connectivity index (χ2v) is 6.58. The highest BCUT2D eigenvalue weighted by molar-refractivity contribution is 5.46. The molecule has 1 aliphatic carbocycles. The van der Waals surface area contributed by atoms with E-state index in [9.17, 15) is 5.11 Å². The third-order valence-electron chi connectivity index (χ3n) is 4.32. The van der Waals surface area contributed by atoms with Crippen LogP contribution in [0.25, 0.3) is 0 Å². The summed E-state index contributed by atoms with van der Waals surface area (Å²) in [5.74, 6) is 1.51. The van der Waals surface area contributed by atoms with Gasteiger partial charge >= 0.3 is 0 Å². The smallest absolute Gasteiger partial charge is 0.122 e. The molecule has 0 heterocycles. The SMILES string of the molecule is COc1ccc(C2(CO)CC2C)cc1C(C)(C)C. The molecule has 2 heteroatoms. The molecule has 0 aliphatic heterocycles. The van der Waals surface area contributed by atoms with Gasteiger partial charge in [-0.15, -0.1) is 0 Å². The molecule has 1 fully saturated rings. The largest absolute Gasteiger partial charge is 0.496 e. The fourth-order valence-corrected chi connectivity index (χ4v) is 2.81. The summed E-state index contributed by atoms with van der Waals surface area (Å²) in [5, 5.41) is 9.67. The third-order valence-corrected chi connectivity index (χ3v) is 4.32. The summed E-state index contributed by atoms with van der Waals surface area (Å²) >= 11 is 0. The molecule has 0 radical (unpaired) electrons. The number of rotatable bonds is 3. The van der Waals surface area contributed by atoms with E-state index in [2.05, 4.69) is 39.8 Å². The average molecular weight is 248 g/mol. The Morgan fingerprint density at radius 3 is 2.39 bits per heavy atom. The van der Waals surface area contributed by atoms with Crippen molar-refractivity contribution in [3.8, 4) is 5.75 Å². The van der Waals surface area contributed by atoms with Gasteiger partial charge in [0.25, 0.3) is 0 Å². The normalized spacial score (nSPS) is 27.1. The van der Waals surface area contributed by atoms with Crippen LogP contribution in [0.3, 0.4) is 0 Å². The van der Waals surface area contributed by atoms with Crippen LogP contribution in [0.5, 0.6) is 5.75 Å². The fraction of sp³-hybridized carbons (Fsp3) is 0.625. The molecule has 100 valence electrons. The predicted octanol–water partition coefficient (Wildman–Crippen LogP) is 3.26. The maximum atomic E-state index is 9.67. The topological polar surface area (TPSA) is 29.5 Å². The first-order valence-electron chi connectivity index (χ1n) is 6.65. The zero-order chi connectivity index (χ0) is 13.6. The molecule has 2 rings (SSSR count). The highest BCUT2D eigenvalue weighted by atomic mass is 16.5. The van der Waals surface area contributed by atoms with Gasteiger partial charge in [0.05, 0.1) is 13.7 Å². The Balaban J connectivity index is 2.47. The van der Waals surface area contributed by atoms with Gasteiger partial charge in [-0.3, -0.25) is 0 Å². The second-order valence-electron chi connectivity index (χ2n) is 6.58. The first-order valence-corrected chi connectivity index (χ1v) is 6.65. The van der Waals surface area contributed by atoms with E-state index in [4.69, 9.17) is 4.74 Å². The van der Waals surface area contributed by atoms with Crippen molar-refractivity contribution in [2.24, 2.45) is 5.92 Å². The Labute approximate surface area is 110 Å². The lowest BCUT2D eigenvalue weighted by atomic mass is 9.82. The standard InChI is InChI=1S/C16H24O2/c1-11-9-16(11,10-17)12-6-7-14(18-5)13(8-12)15(2,3)4/h6-8,11,17H,9-10H2,1-5H3. The number of methoxy groups -OCH3 is 1. The van der Waals surface area contributed by atoms with E-state index in [1.807, 2.05) is 6.07 Å². The van der Waals surface area contributed by atoms with E-state index < -0.39 is 0 Å². The maximum absolute atomic E-state index is 9.67. The first kappa shape index (κ1) is 13.4. The van der Waals surface area contributed by atoms with Crippen LogP contribution in [0.1, 0.15) is 45.2 Å². The number of hydrogen-bond acceptors (Lipinski definition) is 2. The molecule has 1 aromatic carbocycles. The molecule has 1 aromatic rings. The molecule has 0 amide bonds. The Hall–Kier alpha value is -1.02. The van der Waals surface area contributed by atoms with E-state index in [1.165, 1.54) is 11.1 Å². The average Bonchev–Trinajstić information content (AvgIpc) is 2.99. The van der Waals surface area contributed by atoms with Crippen LogP contribution in [0, 0.1) is 5.92 Å². The summed E-state index contributed by atoms with van der Waals surface area (Å²) in [7, 11) is 1.71. The lowest BCUT2D eigenvalue weighted by molar-refractivity contribution is 0.247. The Morgan fingerprint density at radius 1 is 1.39 bits per heavy atom. The molecule has 0 spiro atoms. The molecule has 18 heavy (non-hydrogen) atoms. The summed E-state index contributed by atoms with van der Waals surface area (Å²) in [5.41, 5.74) is 2.51. The lowest BCUT2D eigenvalue weighted by Crippen LogP contribution is -2.18. The van der Waals surface area contributed by atoms with Crippen molar-refractivity contribution in [1.82, 2.24) is 0 Å². The van der Waals surface area contributed by atoms with Gasteiger partial charge in [-0.05, 0) is 34.9 Å². The van der Waals surface area contributed by atoms with Crippen molar-refractivity contribution < 1.29 is 9.84 Å². The van der Waals surface area contributed by atoms with E-state index in [1.54, 1.807) is 7.11 Å². The van der Waals surface area contributed by atoms with Crippen LogP contribution in [-0.2, 0) is 10.8 Å². The van der Waals surface area contributed by atoms with Crippen molar-refractivity contribution >= 4 is 0 Å². The molecule has 2 nitrogen and oxygen atoms in total. The van der Waals surface area contributed by atoms with Crippen LogP contribution < -0.4 is 4.74 Å². The van der Waals surface area contributed by atoms with Crippen LogP contribution >= 0.6 is 0 Å². The molecule has 2 atom stereocenters. The van der Waals surface area contributed by atoms with Gasteiger partial charge < -0.3 is 9.84 Å². The summed E-state index contributed by atoms with van der Waals surface area (Å²) in [6.45, 7) is 9.02. The molecule has 1 N–H and O–H groups in total. The highest BCUT2D eigenvalue weighted by Gasteiger charge is 2.52. The molecule has 0 aromatic heterocycles. The van der Waals surface area contributed by atoms with Crippen molar-refractivity contribution in [3.63, 3.8) is 0 Å². The predicted molar refractivity (Wildman–Crippen MR) is 74.2 cm³/mol. The molecule has 0 saturated heterocycles. The summed E-state index contributed by atoms with van der Waals surface area (Å²) < 4.78 is 5.46. The second kappa shape index (κ2) is 4.27. The molecule has 1 aliphatic rings. The van der Waals surface area contributed by atoms with Gasteiger partial charge in [0.15, 0.2) is 0 Å². The van der Waals surface area contributed by atoms with Crippen molar-refractivity contribution in [2.45, 2.75) is 44.9 Å². The van der Waals surface area contributed by atoms with Gasteiger partial charge in [0.2, 0.25) is 0 Å². The Kier molecular flexibility index (Phi) is 3.18. The zero-order valence-electron chi connectivity index (χ0n) is 12.1. The van der Waals surface area contributed by atoms with Crippen molar-refractivity contribution in [3.05, 3.63) is 29.3 Å².